The van der Waals surface area contributed by atoms with Crippen molar-refractivity contribution in [2.24, 2.45) is 5.73 Å². The first-order valence-corrected chi connectivity index (χ1v) is 10.6. The highest BCUT2D eigenvalue weighted by atomic mass is 32.2. The number of rotatable bonds is 7. The van der Waals surface area contributed by atoms with Gasteiger partial charge in [-0.15, -0.1) is 11.3 Å². The third kappa shape index (κ3) is 4.73. The fourth-order valence-electron chi connectivity index (χ4n) is 2.47. The molecule has 0 bridgehead atoms. The first-order valence-electron chi connectivity index (χ1n) is 8.26. The average Bonchev–Trinajstić information content (AvgIpc) is 3.16. The number of amides is 2. The third-order valence-electron chi connectivity index (χ3n) is 3.90. The summed E-state index contributed by atoms with van der Waals surface area (Å²) in [5, 5.41) is 4.57. The van der Waals surface area contributed by atoms with Crippen molar-refractivity contribution in [3.63, 3.8) is 0 Å². The summed E-state index contributed by atoms with van der Waals surface area (Å²) in [4.78, 5) is 23.9. The van der Waals surface area contributed by atoms with Gasteiger partial charge in [-0.05, 0) is 53.9 Å². The highest BCUT2D eigenvalue weighted by molar-refractivity contribution is 7.92. The molecule has 29 heavy (non-hydrogen) atoms. The lowest BCUT2D eigenvalue weighted by molar-refractivity contribution is 0.100. The number of nitrogens with one attached hydrogen (secondary N) is 2. The Balaban J connectivity index is 1.78. The Labute approximate surface area is 171 Å². The maximum atomic E-state index is 12.6. The molecule has 10 heteroatoms. The summed E-state index contributed by atoms with van der Waals surface area (Å²) < 4.78 is 32.6. The zero-order chi connectivity index (χ0) is 21.0. The molecule has 0 aliphatic rings. The van der Waals surface area contributed by atoms with Crippen LogP contribution in [0.1, 0.15) is 20.7 Å². The Morgan fingerprint density at radius 2 is 1.79 bits per heavy atom. The first kappa shape index (κ1) is 20.4. The zero-order valence-electron chi connectivity index (χ0n) is 15.2. The van der Waals surface area contributed by atoms with Crippen LogP contribution in [0.2, 0.25) is 0 Å². The molecule has 0 atom stereocenters. The molecule has 2 amide bonds. The number of ether oxygens (including phenoxy) is 1. The summed E-state index contributed by atoms with van der Waals surface area (Å²) in [5.41, 5.74) is 5.91. The minimum Gasteiger partial charge on any atom is -0.497 e. The second kappa shape index (κ2) is 8.33. The Morgan fingerprint density at radius 3 is 2.45 bits per heavy atom. The standard InChI is InChI=1S/C19H17N3O5S2/c1-27-14-5-7-15(8-6-14)29(25,26)22-13-4-2-3-12(11-13)18(24)21-19-16(17(20)23)9-10-28-19/h2-11,22H,1H3,(H2,20,23)(H,21,24). The first-order chi connectivity index (χ1) is 13.8. The SMILES string of the molecule is COc1ccc(S(=O)(=O)Nc2cccc(C(=O)Nc3sccc3C(N)=O)c2)cc1. The minimum atomic E-state index is -3.85. The van der Waals surface area contributed by atoms with Crippen LogP contribution >= 0.6 is 11.3 Å². The smallest absolute Gasteiger partial charge is 0.261 e. The summed E-state index contributed by atoms with van der Waals surface area (Å²) in [6.07, 6.45) is 0. The van der Waals surface area contributed by atoms with Crippen molar-refractivity contribution < 1.29 is 22.7 Å². The molecule has 1 aromatic heterocycles. The molecule has 1 heterocycles. The van der Waals surface area contributed by atoms with Crippen molar-refractivity contribution in [3.8, 4) is 5.75 Å². The number of sulfonamides is 1. The second-order valence-corrected chi connectivity index (χ2v) is 8.44. The monoisotopic (exact) mass is 431 g/mol. The molecule has 0 saturated heterocycles. The number of benzene rings is 2. The number of hydrogen-bond donors (Lipinski definition) is 3. The van der Waals surface area contributed by atoms with Crippen molar-refractivity contribution in [2.75, 3.05) is 17.1 Å². The van der Waals surface area contributed by atoms with Crippen molar-refractivity contribution in [1.82, 2.24) is 0 Å². The number of nitrogens with two attached hydrogens (primary N) is 1. The van der Waals surface area contributed by atoms with E-state index in [4.69, 9.17) is 10.5 Å². The molecule has 0 radical (unpaired) electrons. The molecule has 3 rings (SSSR count). The van der Waals surface area contributed by atoms with Gasteiger partial charge in [-0.25, -0.2) is 8.42 Å². The van der Waals surface area contributed by atoms with Crippen LogP contribution in [0.5, 0.6) is 5.75 Å². The summed E-state index contributed by atoms with van der Waals surface area (Å²) in [7, 11) is -2.36. The summed E-state index contributed by atoms with van der Waals surface area (Å²) >= 11 is 1.16. The van der Waals surface area contributed by atoms with Crippen LogP contribution in [0.25, 0.3) is 0 Å². The van der Waals surface area contributed by atoms with E-state index in [0.29, 0.717) is 10.8 Å². The maximum absolute atomic E-state index is 12.6. The predicted octanol–water partition coefficient (Wildman–Crippen LogP) is 2.91. The van der Waals surface area contributed by atoms with E-state index >= 15 is 0 Å². The van der Waals surface area contributed by atoms with E-state index in [1.807, 2.05) is 0 Å². The summed E-state index contributed by atoms with van der Waals surface area (Å²) in [5.74, 6) is -0.616. The minimum absolute atomic E-state index is 0.0536. The number of hydrogen-bond acceptors (Lipinski definition) is 6. The molecule has 0 unspecified atom stereocenters. The molecule has 150 valence electrons. The molecule has 0 aliphatic carbocycles. The van der Waals surface area contributed by atoms with E-state index in [1.54, 1.807) is 11.4 Å². The molecular formula is C19H17N3O5S2. The van der Waals surface area contributed by atoms with Gasteiger partial charge in [-0.2, -0.15) is 0 Å². The van der Waals surface area contributed by atoms with Crippen molar-refractivity contribution in [2.45, 2.75) is 4.90 Å². The Bertz CT molecular complexity index is 1150. The third-order valence-corrected chi connectivity index (χ3v) is 6.13. The fraction of sp³-hybridized carbons (Fsp3) is 0.0526. The van der Waals surface area contributed by atoms with Crippen molar-refractivity contribution >= 4 is 43.9 Å². The van der Waals surface area contributed by atoms with Crippen LogP contribution in [0, 0.1) is 0 Å². The Morgan fingerprint density at radius 1 is 1.07 bits per heavy atom. The number of primary amides is 1. The van der Waals surface area contributed by atoms with Gasteiger partial charge >= 0.3 is 0 Å². The molecular weight excluding hydrogens is 414 g/mol. The molecule has 0 fully saturated rings. The number of thiophene rings is 1. The predicted molar refractivity (Wildman–Crippen MR) is 111 cm³/mol. The number of anilines is 2. The molecule has 0 spiro atoms. The van der Waals surface area contributed by atoms with E-state index in [1.165, 1.54) is 55.6 Å². The molecule has 3 aromatic rings. The summed E-state index contributed by atoms with van der Waals surface area (Å²) in [6, 6.07) is 13.4. The van der Waals surface area contributed by atoms with Gasteiger partial charge in [0.25, 0.3) is 21.8 Å². The second-order valence-electron chi connectivity index (χ2n) is 5.84. The van der Waals surface area contributed by atoms with Gasteiger partial charge in [0.05, 0.1) is 17.6 Å². The molecule has 0 aliphatic heterocycles. The number of methoxy groups -OCH3 is 1. The topological polar surface area (TPSA) is 128 Å². The average molecular weight is 431 g/mol. The van der Waals surface area contributed by atoms with Crippen LogP contribution in [0.15, 0.2) is 64.9 Å². The Kier molecular flexibility index (Phi) is 5.85. The van der Waals surface area contributed by atoms with Gasteiger partial charge in [0.2, 0.25) is 0 Å². The fourth-order valence-corrected chi connectivity index (χ4v) is 4.31. The zero-order valence-corrected chi connectivity index (χ0v) is 16.8. The van der Waals surface area contributed by atoms with Gasteiger partial charge in [0.1, 0.15) is 10.8 Å². The van der Waals surface area contributed by atoms with Crippen molar-refractivity contribution in [1.29, 1.82) is 0 Å². The van der Waals surface area contributed by atoms with E-state index in [2.05, 4.69) is 10.0 Å². The van der Waals surface area contributed by atoms with Crippen molar-refractivity contribution in [3.05, 3.63) is 71.1 Å². The van der Waals surface area contributed by atoms with Crippen LogP contribution in [0.3, 0.4) is 0 Å². The Hall–Kier alpha value is -3.37. The van der Waals surface area contributed by atoms with Crippen LogP contribution in [-0.2, 0) is 10.0 Å². The van der Waals surface area contributed by atoms with Gasteiger partial charge in [0.15, 0.2) is 0 Å². The largest absolute Gasteiger partial charge is 0.497 e. The lowest BCUT2D eigenvalue weighted by Crippen LogP contribution is -2.17. The van der Waals surface area contributed by atoms with Gasteiger partial charge in [-0.1, -0.05) is 6.07 Å². The van der Waals surface area contributed by atoms with Gasteiger partial charge < -0.3 is 15.8 Å². The lowest BCUT2D eigenvalue weighted by Gasteiger charge is -2.10. The lowest BCUT2D eigenvalue weighted by atomic mass is 10.2. The van der Waals surface area contributed by atoms with Crippen LogP contribution in [-0.4, -0.2) is 27.3 Å². The highest BCUT2D eigenvalue weighted by Crippen LogP contribution is 2.24. The molecule has 2 aromatic carbocycles. The number of carbonyl (C=O) groups excluding carboxylic acids is 2. The molecule has 8 nitrogen and oxygen atoms in total. The van der Waals surface area contributed by atoms with Gasteiger partial charge in [0, 0.05) is 11.3 Å². The van der Waals surface area contributed by atoms with Crippen LogP contribution < -0.4 is 20.5 Å². The van der Waals surface area contributed by atoms with Gasteiger partial charge in [-0.3, -0.25) is 14.3 Å². The summed E-state index contributed by atoms with van der Waals surface area (Å²) in [6.45, 7) is 0. The van der Waals surface area contributed by atoms with E-state index in [9.17, 15) is 18.0 Å². The van der Waals surface area contributed by atoms with Crippen LogP contribution in [0.4, 0.5) is 10.7 Å². The normalized spacial score (nSPS) is 10.9. The molecule has 0 saturated carbocycles. The molecule has 4 N–H and O–H groups in total. The number of carbonyl (C=O) groups is 2. The van der Waals surface area contributed by atoms with E-state index in [-0.39, 0.29) is 21.7 Å². The highest BCUT2D eigenvalue weighted by Gasteiger charge is 2.17. The quantitative estimate of drug-likeness (QED) is 0.530. The maximum Gasteiger partial charge on any atom is 0.261 e. The van der Waals surface area contributed by atoms with E-state index < -0.39 is 21.8 Å². The van der Waals surface area contributed by atoms with E-state index in [0.717, 1.165) is 11.3 Å².